The Bertz CT molecular complexity index is 905. The second-order valence-corrected chi connectivity index (χ2v) is 13.4. The SMILES string of the molecule is CC/C=C\C/C=C\C/C=C\C/C=C\CCCCCCC(=O)OC(COC(=O)CCCCCCCCCCCCCC)COP(=O)(O)O. The number of allylic oxidation sites excluding steroid dienone is 8. The number of phosphoric ester groups is 1. The first-order chi connectivity index (χ1) is 22.8. The molecule has 0 radical (unpaired) electrons. The van der Waals surface area contributed by atoms with E-state index < -0.39 is 32.5 Å². The number of rotatable bonds is 33. The molecular formula is C38H67O8P. The van der Waals surface area contributed by atoms with Gasteiger partial charge in [-0.2, -0.15) is 0 Å². The van der Waals surface area contributed by atoms with Crippen LogP contribution in [0.1, 0.15) is 162 Å². The molecular weight excluding hydrogens is 615 g/mol. The summed E-state index contributed by atoms with van der Waals surface area (Å²) in [6, 6.07) is 0. The molecule has 0 aliphatic rings. The molecule has 0 amide bonds. The first-order valence-corrected chi connectivity index (χ1v) is 20.0. The Morgan fingerprint density at radius 2 is 1.02 bits per heavy atom. The number of esters is 2. The van der Waals surface area contributed by atoms with Crippen LogP contribution in [0.4, 0.5) is 0 Å². The van der Waals surface area contributed by atoms with Crippen LogP contribution in [0.3, 0.4) is 0 Å². The summed E-state index contributed by atoms with van der Waals surface area (Å²) in [6.45, 7) is 3.53. The molecule has 0 aliphatic carbocycles. The van der Waals surface area contributed by atoms with E-state index in [9.17, 15) is 14.2 Å². The van der Waals surface area contributed by atoms with Gasteiger partial charge in [-0.25, -0.2) is 4.57 Å². The molecule has 0 spiro atoms. The van der Waals surface area contributed by atoms with Gasteiger partial charge in [0.1, 0.15) is 6.61 Å². The second-order valence-electron chi connectivity index (χ2n) is 12.2. The summed E-state index contributed by atoms with van der Waals surface area (Å²) >= 11 is 0. The molecule has 47 heavy (non-hydrogen) atoms. The molecule has 0 aromatic carbocycles. The lowest BCUT2D eigenvalue weighted by Crippen LogP contribution is -2.29. The highest BCUT2D eigenvalue weighted by Crippen LogP contribution is 2.36. The van der Waals surface area contributed by atoms with Gasteiger partial charge in [0.2, 0.25) is 0 Å². The number of ether oxygens (including phenoxy) is 2. The predicted octanol–water partition coefficient (Wildman–Crippen LogP) is 10.8. The highest BCUT2D eigenvalue weighted by molar-refractivity contribution is 7.46. The summed E-state index contributed by atoms with van der Waals surface area (Å²) in [5, 5.41) is 0. The lowest BCUT2D eigenvalue weighted by molar-refractivity contribution is -0.161. The van der Waals surface area contributed by atoms with E-state index in [1.165, 1.54) is 57.8 Å². The van der Waals surface area contributed by atoms with Crippen molar-refractivity contribution in [2.75, 3.05) is 13.2 Å². The van der Waals surface area contributed by atoms with Crippen molar-refractivity contribution in [1.29, 1.82) is 0 Å². The first kappa shape index (κ1) is 45.0. The minimum absolute atomic E-state index is 0.184. The maximum atomic E-state index is 12.3. The minimum atomic E-state index is -4.75. The van der Waals surface area contributed by atoms with Crippen LogP contribution in [-0.4, -0.2) is 41.0 Å². The van der Waals surface area contributed by atoms with Gasteiger partial charge in [0.05, 0.1) is 6.61 Å². The Morgan fingerprint density at radius 3 is 1.53 bits per heavy atom. The topological polar surface area (TPSA) is 119 Å². The predicted molar refractivity (Wildman–Crippen MR) is 193 cm³/mol. The summed E-state index contributed by atoms with van der Waals surface area (Å²) in [6.07, 6.45) is 39.7. The third-order valence-electron chi connectivity index (χ3n) is 7.61. The average molecular weight is 683 g/mol. The van der Waals surface area contributed by atoms with Crippen LogP contribution in [0.5, 0.6) is 0 Å². The molecule has 0 rings (SSSR count). The van der Waals surface area contributed by atoms with Gasteiger partial charge in [-0.3, -0.25) is 14.1 Å². The third kappa shape index (κ3) is 36.7. The number of hydrogen-bond donors (Lipinski definition) is 2. The van der Waals surface area contributed by atoms with Crippen LogP contribution < -0.4 is 0 Å². The van der Waals surface area contributed by atoms with Gasteiger partial charge < -0.3 is 19.3 Å². The first-order valence-electron chi connectivity index (χ1n) is 18.4. The van der Waals surface area contributed by atoms with Gasteiger partial charge in [-0.05, 0) is 51.4 Å². The van der Waals surface area contributed by atoms with Crippen LogP contribution in [0.2, 0.25) is 0 Å². The molecule has 9 heteroatoms. The van der Waals surface area contributed by atoms with E-state index in [-0.39, 0.29) is 19.4 Å². The average Bonchev–Trinajstić information content (AvgIpc) is 3.04. The Hall–Kier alpha value is -1.99. The van der Waals surface area contributed by atoms with Gasteiger partial charge >= 0.3 is 19.8 Å². The van der Waals surface area contributed by atoms with Crippen molar-refractivity contribution < 1.29 is 37.9 Å². The van der Waals surface area contributed by atoms with Crippen molar-refractivity contribution in [3.8, 4) is 0 Å². The molecule has 1 unspecified atom stereocenters. The fourth-order valence-corrected chi connectivity index (χ4v) is 5.25. The van der Waals surface area contributed by atoms with Crippen LogP contribution in [0.15, 0.2) is 48.6 Å². The monoisotopic (exact) mass is 682 g/mol. The third-order valence-corrected chi connectivity index (χ3v) is 8.10. The molecule has 0 fully saturated rings. The van der Waals surface area contributed by atoms with Gasteiger partial charge in [0.15, 0.2) is 6.10 Å². The van der Waals surface area contributed by atoms with E-state index in [0.717, 1.165) is 70.6 Å². The van der Waals surface area contributed by atoms with E-state index in [0.29, 0.717) is 6.42 Å². The van der Waals surface area contributed by atoms with Crippen LogP contribution in [0, 0.1) is 0 Å². The molecule has 0 bridgehead atoms. The largest absolute Gasteiger partial charge is 0.469 e. The maximum Gasteiger partial charge on any atom is 0.469 e. The van der Waals surface area contributed by atoms with Gasteiger partial charge in [0, 0.05) is 12.8 Å². The lowest BCUT2D eigenvalue weighted by Gasteiger charge is -2.18. The number of phosphoric acid groups is 1. The zero-order valence-corrected chi connectivity index (χ0v) is 30.6. The smallest absolute Gasteiger partial charge is 0.462 e. The summed E-state index contributed by atoms with van der Waals surface area (Å²) in [5.74, 6) is -0.914. The lowest BCUT2D eigenvalue weighted by atomic mass is 10.0. The van der Waals surface area contributed by atoms with Gasteiger partial charge in [-0.1, -0.05) is 146 Å². The zero-order valence-electron chi connectivity index (χ0n) is 29.7. The van der Waals surface area contributed by atoms with Crippen LogP contribution >= 0.6 is 7.82 Å². The summed E-state index contributed by atoms with van der Waals surface area (Å²) in [4.78, 5) is 42.6. The van der Waals surface area contributed by atoms with E-state index >= 15 is 0 Å². The molecule has 0 saturated heterocycles. The number of carbonyl (C=O) groups excluding carboxylic acids is 2. The number of carbonyl (C=O) groups is 2. The zero-order chi connectivity index (χ0) is 34.7. The highest BCUT2D eigenvalue weighted by Gasteiger charge is 2.22. The summed E-state index contributed by atoms with van der Waals surface area (Å²) in [5.41, 5.74) is 0. The van der Waals surface area contributed by atoms with Crippen molar-refractivity contribution in [2.24, 2.45) is 0 Å². The minimum Gasteiger partial charge on any atom is -0.462 e. The van der Waals surface area contributed by atoms with Crippen molar-refractivity contribution in [3.05, 3.63) is 48.6 Å². The van der Waals surface area contributed by atoms with E-state index in [2.05, 4.69) is 67.0 Å². The highest BCUT2D eigenvalue weighted by atomic mass is 31.2. The maximum absolute atomic E-state index is 12.3. The molecule has 1 atom stereocenters. The van der Waals surface area contributed by atoms with E-state index in [1.54, 1.807) is 0 Å². The van der Waals surface area contributed by atoms with Gasteiger partial charge in [0.25, 0.3) is 0 Å². The van der Waals surface area contributed by atoms with Gasteiger partial charge in [-0.15, -0.1) is 0 Å². The molecule has 2 N–H and O–H groups in total. The van der Waals surface area contributed by atoms with Crippen molar-refractivity contribution >= 4 is 19.8 Å². The number of unbranched alkanes of at least 4 members (excludes halogenated alkanes) is 15. The Kier molecular flexibility index (Phi) is 32.5. The molecule has 0 aliphatic heterocycles. The molecule has 8 nitrogen and oxygen atoms in total. The molecule has 0 saturated carbocycles. The fourth-order valence-electron chi connectivity index (χ4n) is 4.89. The second kappa shape index (κ2) is 33.9. The quantitative estimate of drug-likeness (QED) is 0.0304. The molecule has 0 heterocycles. The molecule has 272 valence electrons. The van der Waals surface area contributed by atoms with Crippen molar-refractivity contribution in [1.82, 2.24) is 0 Å². The Morgan fingerprint density at radius 1 is 0.574 bits per heavy atom. The molecule has 0 aromatic rings. The van der Waals surface area contributed by atoms with Crippen LogP contribution in [-0.2, 0) is 28.2 Å². The summed E-state index contributed by atoms with van der Waals surface area (Å²) in [7, 11) is -4.75. The standard InChI is InChI=1S/C38H67O8P/c1-3-5-7-9-11-13-15-17-18-19-20-21-23-25-27-29-31-33-38(40)46-36(35-45-47(41,42)43)34-44-37(39)32-30-28-26-24-22-16-14-12-10-8-6-4-2/h5,7,11,13,17-18,20-21,36H,3-4,6,8-10,12,14-16,19,22-35H2,1-2H3,(H2,41,42,43)/b7-5-,13-11-,18-17-,21-20-. The number of hydrogen-bond acceptors (Lipinski definition) is 6. The van der Waals surface area contributed by atoms with Crippen molar-refractivity contribution in [2.45, 2.75) is 168 Å². The van der Waals surface area contributed by atoms with Crippen molar-refractivity contribution in [3.63, 3.8) is 0 Å². The normalized spacial score (nSPS) is 13.0. The van der Waals surface area contributed by atoms with Crippen LogP contribution in [0.25, 0.3) is 0 Å². The Labute approximate surface area is 286 Å². The molecule has 0 aromatic heterocycles. The van der Waals surface area contributed by atoms with E-state index in [1.807, 2.05) is 0 Å². The van der Waals surface area contributed by atoms with E-state index in [4.69, 9.17) is 19.3 Å². The Balaban J connectivity index is 4.03. The fraction of sp³-hybridized carbons (Fsp3) is 0.737. The summed E-state index contributed by atoms with van der Waals surface area (Å²) < 4.78 is 26.3.